The fraction of sp³-hybridized carbons (Fsp3) is 0.625. The van der Waals surface area contributed by atoms with Crippen LogP contribution >= 0.6 is 0 Å². The smallest absolute Gasteiger partial charge is 0.126 e. The Hall–Kier alpha value is -0.930. The number of hydrogen-bond acceptors (Lipinski definition) is 2. The van der Waals surface area contributed by atoms with Crippen molar-refractivity contribution in [2.24, 2.45) is 0 Å². The van der Waals surface area contributed by atoms with Crippen molar-refractivity contribution in [2.75, 3.05) is 20.1 Å². The van der Waals surface area contributed by atoms with Gasteiger partial charge in [-0.2, -0.15) is 0 Å². The Kier molecular flexibility index (Phi) is 4.94. The Labute approximate surface area is 116 Å². The van der Waals surface area contributed by atoms with Crippen LogP contribution in [0, 0.1) is 5.82 Å². The molecule has 0 saturated heterocycles. The molecule has 1 aliphatic carbocycles. The lowest BCUT2D eigenvalue weighted by atomic mass is 10.1. The standard InChI is InChI=1S/C16H25FN2/c1-12(2)19(3)11-5-10-18-16-9-8-13-14(16)6-4-7-15(13)17/h4,6-7,12,16,18H,5,8-11H2,1-3H3. The summed E-state index contributed by atoms with van der Waals surface area (Å²) in [6, 6.07) is 6.39. The van der Waals surface area contributed by atoms with E-state index in [0.29, 0.717) is 12.1 Å². The highest BCUT2D eigenvalue weighted by atomic mass is 19.1. The summed E-state index contributed by atoms with van der Waals surface area (Å²) < 4.78 is 13.6. The zero-order chi connectivity index (χ0) is 13.8. The van der Waals surface area contributed by atoms with E-state index in [2.05, 4.69) is 37.2 Å². The minimum Gasteiger partial charge on any atom is -0.310 e. The molecule has 1 aromatic rings. The summed E-state index contributed by atoms with van der Waals surface area (Å²) in [4.78, 5) is 2.35. The minimum atomic E-state index is -0.0404. The third kappa shape index (κ3) is 3.54. The van der Waals surface area contributed by atoms with Crippen molar-refractivity contribution in [1.82, 2.24) is 10.2 Å². The third-order valence-electron chi connectivity index (χ3n) is 4.17. The first-order valence-electron chi connectivity index (χ1n) is 7.30. The van der Waals surface area contributed by atoms with Gasteiger partial charge >= 0.3 is 0 Å². The van der Waals surface area contributed by atoms with E-state index >= 15 is 0 Å². The molecule has 19 heavy (non-hydrogen) atoms. The fourth-order valence-corrected chi connectivity index (χ4v) is 2.68. The van der Waals surface area contributed by atoms with Gasteiger partial charge in [0.25, 0.3) is 0 Å². The maximum atomic E-state index is 13.6. The molecular formula is C16H25FN2. The maximum absolute atomic E-state index is 13.6. The Morgan fingerprint density at radius 2 is 2.21 bits per heavy atom. The molecule has 0 aliphatic heterocycles. The van der Waals surface area contributed by atoms with Gasteiger partial charge in [0.1, 0.15) is 5.82 Å². The van der Waals surface area contributed by atoms with Gasteiger partial charge in [-0.25, -0.2) is 4.39 Å². The fourth-order valence-electron chi connectivity index (χ4n) is 2.68. The average Bonchev–Trinajstić information content (AvgIpc) is 2.79. The van der Waals surface area contributed by atoms with Crippen molar-refractivity contribution >= 4 is 0 Å². The van der Waals surface area contributed by atoms with Gasteiger partial charge < -0.3 is 10.2 Å². The molecule has 2 nitrogen and oxygen atoms in total. The molecule has 0 spiro atoms. The van der Waals surface area contributed by atoms with Gasteiger partial charge in [-0.3, -0.25) is 0 Å². The number of fused-ring (bicyclic) bond motifs is 1. The molecule has 0 amide bonds. The van der Waals surface area contributed by atoms with Gasteiger partial charge in [0.05, 0.1) is 0 Å². The van der Waals surface area contributed by atoms with E-state index in [1.165, 1.54) is 0 Å². The summed E-state index contributed by atoms with van der Waals surface area (Å²) >= 11 is 0. The van der Waals surface area contributed by atoms with Gasteiger partial charge in [0.15, 0.2) is 0 Å². The van der Waals surface area contributed by atoms with Crippen molar-refractivity contribution in [2.45, 2.75) is 45.2 Å². The maximum Gasteiger partial charge on any atom is 0.126 e. The van der Waals surface area contributed by atoms with Crippen LogP contribution in [-0.2, 0) is 6.42 Å². The SMILES string of the molecule is CC(C)N(C)CCCNC1CCc2c(F)cccc21. The second-order valence-corrected chi connectivity index (χ2v) is 5.78. The molecule has 1 atom stereocenters. The summed E-state index contributed by atoms with van der Waals surface area (Å²) in [7, 11) is 2.16. The minimum absolute atomic E-state index is 0.0404. The third-order valence-corrected chi connectivity index (χ3v) is 4.17. The topological polar surface area (TPSA) is 15.3 Å². The summed E-state index contributed by atoms with van der Waals surface area (Å²) in [5.74, 6) is -0.0404. The van der Waals surface area contributed by atoms with E-state index < -0.39 is 0 Å². The first kappa shape index (κ1) is 14.5. The van der Waals surface area contributed by atoms with Crippen molar-refractivity contribution in [3.8, 4) is 0 Å². The van der Waals surface area contributed by atoms with Crippen LogP contribution in [0.3, 0.4) is 0 Å². The molecular weight excluding hydrogens is 239 g/mol. The molecule has 0 aromatic heterocycles. The van der Waals surface area contributed by atoms with Crippen LogP contribution in [0.25, 0.3) is 0 Å². The number of nitrogens with one attached hydrogen (secondary N) is 1. The number of benzene rings is 1. The van der Waals surface area contributed by atoms with Gasteiger partial charge in [0, 0.05) is 12.1 Å². The number of rotatable bonds is 6. The van der Waals surface area contributed by atoms with Crippen LogP contribution in [0.2, 0.25) is 0 Å². The molecule has 106 valence electrons. The zero-order valence-electron chi connectivity index (χ0n) is 12.2. The lowest BCUT2D eigenvalue weighted by Gasteiger charge is -2.21. The van der Waals surface area contributed by atoms with E-state index in [4.69, 9.17) is 0 Å². The Balaban J connectivity index is 1.79. The predicted octanol–water partition coefficient (Wildman–Crippen LogP) is 3.13. The summed E-state index contributed by atoms with van der Waals surface area (Å²) in [5.41, 5.74) is 2.08. The summed E-state index contributed by atoms with van der Waals surface area (Å²) in [5, 5.41) is 3.57. The molecule has 1 unspecified atom stereocenters. The average molecular weight is 264 g/mol. The van der Waals surface area contributed by atoms with Crippen molar-refractivity contribution < 1.29 is 4.39 Å². The summed E-state index contributed by atoms with van der Waals surface area (Å²) in [6.07, 6.45) is 3.03. The molecule has 3 heteroatoms. The van der Waals surface area contributed by atoms with Crippen LogP contribution in [0.15, 0.2) is 18.2 Å². The van der Waals surface area contributed by atoms with Crippen molar-refractivity contribution in [3.05, 3.63) is 35.1 Å². The molecule has 1 N–H and O–H groups in total. The Morgan fingerprint density at radius 1 is 1.42 bits per heavy atom. The van der Waals surface area contributed by atoms with E-state index in [1.54, 1.807) is 6.07 Å². The molecule has 1 aromatic carbocycles. The van der Waals surface area contributed by atoms with E-state index in [-0.39, 0.29) is 5.82 Å². The normalized spacial score (nSPS) is 18.3. The predicted molar refractivity (Wildman–Crippen MR) is 77.8 cm³/mol. The van der Waals surface area contributed by atoms with E-state index in [9.17, 15) is 4.39 Å². The quantitative estimate of drug-likeness (QED) is 0.794. The highest BCUT2D eigenvalue weighted by Crippen LogP contribution is 2.32. The Morgan fingerprint density at radius 3 is 2.95 bits per heavy atom. The lowest BCUT2D eigenvalue weighted by Crippen LogP contribution is -2.30. The molecule has 0 fully saturated rings. The molecule has 0 bridgehead atoms. The van der Waals surface area contributed by atoms with E-state index in [1.807, 2.05) is 6.07 Å². The van der Waals surface area contributed by atoms with Crippen LogP contribution in [-0.4, -0.2) is 31.1 Å². The molecule has 2 rings (SSSR count). The molecule has 1 aliphatic rings. The largest absolute Gasteiger partial charge is 0.310 e. The van der Waals surface area contributed by atoms with Crippen molar-refractivity contribution in [1.29, 1.82) is 0 Å². The number of hydrogen-bond donors (Lipinski definition) is 1. The van der Waals surface area contributed by atoms with Crippen LogP contribution < -0.4 is 5.32 Å². The van der Waals surface area contributed by atoms with Gasteiger partial charge in [-0.15, -0.1) is 0 Å². The van der Waals surface area contributed by atoms with Gasteiger partial charge in [0.2, 0.25) is 0 Å². The van der Waals surface area contributed by atoms with Crippen LogP contribution in [0.4, 0.5) is 4.39 Å². The van der Waals surface area contributed by atoms with Crippen molar-refractivity contribution in [3.63, 3.8) is 0 Å². The lowest BCUT2D eigenvalue weighted by molar-refractivity contribution is 0.267. The Bertz CT molecular complexity index is 417. The monoisotopic (exact) mass is 264 g/mol. The second-order valence-electron chi connectivity index (χ2n) is 5.78. The molecule has 0 heterocycles. The van der Waals surface area contributed by atoms with Crippen LogP contribution in [0.5, 0.6) is 0 Å². The zero-order valence-corrected chi connectivity index (χ0v) is 12.2. The number of nitrogens with zero attached hydrogens (tertiary/aromatic N) is 1. The van der Waals surface area contributed by atoms with E-state index in [0.717, 1.165) is 43.5 Å². The molecule has 0 radical (unpaired) electrons. The first-order chi connectivity index (χ1) is 9.09. The number of halogens is 1. The van der Waals surface area contributed by atoms with Gasteiger partial charge in [-0.05, 0) is 70.4 Å². The molecule has 0 saturated carbocycles. The highest BCUT2D eigenvalue weighted by molar-refractivity contribution is 5.35. The highest BCUT2D eigenvalue weighted by Gasteiger charge is 2.23. The summed E-state index contributed by atoms with van der Waals surface area (Å²) in [6.45, 7) is 6.53. The first-order valence-corrected chi connectivity index (χ1v) is 7.30. The second kappa shape index (κ2) is 6.49. The van der Waals surface area contributed by atoms with Crippen LogP contribution in [0.1, 0.15) is 43.9 Å². The van der Waals surface area contributed by atoms with Gasteiger partial charge in [-0.1, -0.05) is 12.1 Å².